The number of benzene rings is 2. The molecule has 0 aliphatic heterocycles. The van der Waals surface area contributed by atoms with Crippen LogP contribution in [0.2, 0.25) is 0 Å². The second-order valence-electron chi connectivity index (χ2n) is 6.77. The van der Waals surface area contributed by atoms with Crippen molar-refractivity contribution in [1.82, 2.24) is 5.32 Å². The Morgan fingerprint density at radius 3 is 2.64 bits per heavy atom. The van der Waals surface area contributed by atoms with Gasteiger partial charge >= 0.3 is 5.97 Å². The van der Waals surface area contributed by atoms with Crippen molar-refractivity contribution in [3.63, 3.8) is 0 Å². The van der Waals surface area contributed by atoms with Gasteiger partial charge in [-0.05, 0) is 49.4 Å². The Hall–Kier alpha value is -3.02. The van der Waals surface area contributed by atoms with Crippen LogP contribution < -0.4 is 14.8 Å². The third kappa shape index (κ3) is 4.27. The summed E-state index contributed by atoms with van der Waals surface area (Å²) in [6, 6.07) is 12.9. The molecule has 0 saturated heterocycles. The molecule has 6 heteroatoms. The lowest BCUT2D eigenvalue weighted by molar-refractivity contribution is -0.130. The number of hydrogen-bond acceptors (Lipinski definition) is 5. The van der Waals surface area contributed by atoms with Crippen LogP contribution in [0.1, 0.15) is 47.3 Å². The van der Waals surface area contributed by atoms with Crippen LogP contribution in [0.5, 0.6) is 11.5 Å². The molecule has 2 aromatic carbocycles. The first-order valence-electron chi connectivity index (χ1n) is 9.34. The van der Waals surface area contributed by atoms with Gasteiger partial charge < -0.3 is 19.5 Å². The maximum absolute atomic E-state index is 12.6. The van der Waals surface area contributed by atoms with Crippen molar-refractivity contribution in [1.29, 1.82) is 0 Å². The molecule has 1 N–H and O–H groups in total. The van der Waals surface area contributed by atoms with E-state index in [2.05, 4.69) is 11.4 Å². The predicted octanol–water partition coefficient (Wildman–Crippen LogP) is 3.44. The van der Waals surface area contributed by atoms with Gasteiger partial charge in [0.25, 0.3) is 5.91 Å². The number of nitrogens with one attached hydrogen (secondary N) is 1. The van der Waals surface area contributed by atoms with E-state index in [1.54, 1.807) is 25.1 Å². The minimum absolute atomic E-state index is 0.0610. The van der Waals surface area contributed by atoms with E-state index in [9.17, 15) is 9.59 Å². The Kier molecular flexibility index (Phi) is 6.19. The van der Waals surface area contributed by atoms with Crippen molar-refractivity contribution in [3.05, 3.63) is 59.2 Å². The zero-order chi connectivity index (χ0) is 20.1. The monoisotopic (exact) mass is 383 g/mol. The maximum Gasteiger partial charge on any atom is 0.342 e. The van der Waals surface area contributed by atoms with Gasteiger partial charge in [-0.3, -0.25) is 4.79 Å². The Bertz CT molecular complexity index is 864. The molecule has 28 heavy (non-hydrogen) atoms. The Morgan fingerprint density at radius 1 is 1.11 bits per heavy atom. The number of ether oxygens (including phenoxy) is 3. The molecule has 2 unspecified atom stereocenters. The highest BCUT2D eigenvalue weighted by Crippen LogP contribution is 2.30. The van der Waals surface area contributed by atoms with Gasteiger partial charge in [-0.15, -0.1) is 0 Å². The minimum Gasteiger partial charge on any atom is -0.497 e. The van der Waals surface area contributed by atoms with Crippen molar-refractivity contribution >= 4 is 11.9 Å². The van der Waals surface area contributed by atoms with Crippen LogP contribution in [0.4, 0.5) is 0 Å². The number of hydrogen-bond donors (Lipinski definition) is 1. The van der Waals surface area contributed by atoms with Gasteiger partial charge in [-0.2, -0.15) is 0 Å². The maximum atomic E-state index is 12.6. The molecule has 1 amide bonds. The first kappa shape index (κ1) is 19.7. The summed E-state index contributed by atoms with van der Waals surface area (Å²) < 4.78 is 15.7. The fourth-order valence-corrected chi connectivity index (χ4v) is 3.44. The number of methoxy groups -OCH3 is 2. The number of amides is 1. The number of esters is 1. The first-order valence-corrected chi connectivity index (χ1v) is 9.34. The van der Waals surface area contributed by atoms with Crippen LogP contribution in [0.15, 0.2) is 42.5 Å². The van der Waals surface area contributed by atoms with Crippen LogP contribution >= 0.6 is 0 Å². The lowest BCUT2D eigenvalue weighted by Crippen LogP contribution is -2.39. The van der Waals surface area contributed by atoms with Crippen molar-refractivity contribution in [3.8, 4) is 11.5 Å². The quantitative estimate of drug-likeness (QED) is 0.774. The van der Waals surface area contributed by atoms with Gasteiger partial charge in [0.2, 0.25) is 0 Å². The zero-order valence-corrected chi connectivity index (χ0v) is 16.4. The SMILES string of the molecule is COc1ccc(C(=O)OC(C)C(=O)NC2CCCc3ccccc32)c(OC)c1. The molecule has 1 aliphatic rings. The van der Waals surface area contributed by atoms with Crippen LogP contribution in [0, 0.1) is 0 Å². The van der Waals surface area contributed by atoms with E-state index < -0.39 is 12.1 Å². The number of aryl methyl sites for hydroxylation is 1. The van der Waals surface area contributed by atoms with Gasteiger partial charge in [-0.25, -0.2) is 4.79 Å². The van der Waals surface area contributed by atoms with E-state index in [4.69, 9.17) is 14.2 Å². The fraction of sp³-hybridized carbons (Fsp3) is 0.364. The lowest BCUT2D eigenvalue weighted by atomic mass is 9.87. The minimum atomic E-state index is -0.923. The Morgan fingerprint density at radius 2 is 1.89 bits per heavy atom. The fourth-order valence-electron chi connectivity index (χ4n) is 3.44. The number of fused-ring (bicyclic) bond motifs is 1. The summed E-state index contributed by atoms with van der Waals surface area (Å²) in [4.78, 5) is 25.1. The van der Waals surface area contributed by atoms with Gasteiger partial charge in [0, 0.05) is 6.07 Å². The third-order valence-corrected chi connectivity index (χ3v) is 4.97. The molecule has 0 spiro atoms. The normalized spacial score (nSPS) is 16.5. The molecule has 0 aromatic heterocycles. The first-order chi connectivity index (χ1) is 13.5. The van der Waals surface area contributed by atoms with Gasteiger partial charge in [0.15, 0.2) is 6.10 Å². The summed E-state index contributed by atoms with van der Waals surface area (Å²) in [6.07, 6.45) is 1.98. The molecule has 148 valence electrons. The van der Waals surface area contributed by atoms with Crippen molar-refractivity contribution in [2.75, 3.05) is 14.2 Å². The van der Waals surface area contributed by atoms with E-state index in [-0.39, 0.29) is 17.5 Å². The average Bonchev–Trinajstić information content (AvgIpc) is 2.73. The van der Waals surface area contributed by atoms with Gasteiger partial charge in [0.1, 0.15) is 17.1 Å². The second-order valence-corrected chi connectivity index (χ2v) is 6.77. The molecule has 0 heterocycles. The molecule has 0 fully saturated rings. The predicted molar refractivity (Wildman–Crippen MR) is 105 cm³/mol. The molecule has 3 rings (SSSR count). The largest absolute Gasteiger partial charge is 0.497 e. The smallest absolute Gasteiger partial charge is 0.342 e. The van der Waals surface area contributed by atoms with Crippen molar-refractivity contribution in [2.45, 2.75) is 38.3 Å². The van der Waals surface area contributed by atoms with E-state index >= 15 is 0 Å². The van der Waals surface area contributed by atoms with E-state index in [0.717, 1.165) is 24.8 Å². The van der Waals surface area contributed by atoms with Gasteiger partial charge in [-0.1, -0.05) is 24.3 Å². The average molecular weight is 383 g/mol. The van der Waals surface area contributed by atoms with Crippen LogP contribution in [-0.4, -0.2) is 32.2 Å². The summed E-state index contributed by atoms with van der Waals surface area (Å²) in [7, 11) is 2.99. The molecular weight excluding hydrogens is 358 g/mol. The summed E-state index contributed by atoms with van der Waals surface area (Å²) in [6.45, 7) is 1.57. The van der Waals surface area contributed by atoms with E-state index in [1.807, 2.05) is 18.2 Å². The third-order valence-electron chi connectivity index (χ3n) is 4.97. The number of carbonyl (C=O) groups excluding carboxylic acids is 2. The highest BCUT2D eigenvalue weighted by molar-refractivity contribution is 5.95. The molecular formula is C22H25NO5. The standard InChI is InChI=1S/C22H25NO5/c1-14(28-22(25)18-12-11-16(26-2)13-20(18)27-3)21(24)23-19-10-6-8-15-7-4-5-9-17(15)19/h4-5,7,9,11-14,19H,6,8,10H2,1-3H3,(H,23,24). The van der Waals surface area contributed by atoms with Crippen molar-refractivity contribution in [2.24, 2.45) is 0 Å². The Balaban J connectivity index is 1.66. The number of rotatable bonds is 6. The van der Waals surface area contributed by atoms with Gasteiger partial charge in [0.05, 0.1) is 20.3 Å². The van der Waals surface area contributed by atoms with E-state index in [0.29, 0.717) is 11.5 Å². The summed E-state index contributed by atoms with van der Waals surface area (Å²) >= 11 is 0. The van der Waals surface area contributed by atoms with E-state index in [1.165, 1.54) is 19.8 Å². The molecule has 2 aromatic rings. The zero-order valence-electron chi connectivity index (χ0n) is 16.4. The molecule has 0 bridgehead atoms. The molecule has 0 saturated carbocycles. The van der Waals surface area contributed by atoms with Crippen LogP contribution in [0.25, 0.3) is 0 Å². The second kappa shape index (κ2) is 8.78. The molecule has 1 aliphatic carbocycles. The summed E-state index contributed by atoms with van der Waals surface area (Å²) in [5, 5.41) is 3.01. The van der Waals surface area contributed by atoms with Crippen molar-refractivity contribution < 1.29 is 23.8 Å². The lowest BCUT2D eigenvalue weighted by Gasteiger charge is -2.27. The highest BCUT2D eigenvalue weighted by Gasteiger charge is 2.26. The Labute approximate surface area is 164 Å². The number of carbonyl (C=O) groups is 2. The topological polar surface area (TPSA) is 73.9 Å². The molecule has 0 radical (unpaired) electrons. The summed E-state index contributed by atoms with van der Waals surface area (Å²) in [5.74, 6) is -0.0398. The highest BCUT2D eigenvalue weighted by atomic mass is 16.5. The molecule has 6 nitrogen and oxygen atoms in total. The van der Waals surface area contributed by atoms with Crippen LogP contribution in [0.3, 0.4) is 0 Å². The summed E-state index contributed by atoms with van der Waals surface area (Å²) in [5.41, 5.74) is 2.63. The van der Waals surface area contributed by atoms with Crippen LogP contribution in [-0.2, 0) is 16.0 Å². The molecule has 2 atom stereocenters.